The molecule has 0 aliphatic carbocycles. The van der Waals surface area contributed by atoms with Gasteiger partial charge in [-0.05, 0) is 57.5 Å². The van der Waals surface area contributed by atoms with Gasteiger partial charge in [0.2, 0.25) is 0 Å². The molecule has 2 nitrogen and oxygen atoms in total. The van der Waals surface area contributed by atoms with Gasteiger partial charge in [-0.1, -0.05) is 31.2 Å². The summed E-state index contributed by atoms with van der Waals surface area (Å²) in [5, 5.41) is 3.56. The van der Waals surface area contributed by atoms with E-state index in [0.29, 0.717) is 5.54 Å². The van der Waals surface area contributed by atoms with Crippen LogP contribution in [0.15, 0.2) is 24.3 Å². The second-order valence-electron chi connectivity index (χ2n) is 5.75. The zero-order valence-corrected chi connectivity index (χ0v) is 12.0. The Labute approximate surface area is 111 Å². The van der Waals surface area contributed by atoms with Crippen molar-refractivity contribution in [1.82, 2.24) is 10.2 Å². The van der Waals surface area contributed by atoms with Gasteiger partial charge in [0.1, 0.15) is 0 Å². The minimum atomic E-state index is 0.298. The Hall–Kier alpha value is -0.860. The quantitative estimate of drug-likeness (QED) is 0.878. The first kappa shape index (κ1) is 13.6. The van der Waals surface area contributed by atoms with Gasteiger partial charge in [0.25, 0.3) is 0 Å². The Kier molecular flexibility index (Phi) is 4.41. The van der Waals surface area contributed by atoms with Crippen LogP contribution >= 0.6 is 0 Å². The molecule has 1 fully saturated rings. The van der Waals surface area contributed by atoms with Crippen molar-refractivity contribution in [1.29, 1.82) is 0 Å². The number of hydrogen-bond donors (Lipinski definition) is 1. The molecule has 1 aromatic carbocycles. The van der Waals surface area contributed by atoms with E-state index in [1.807, 2.05) is 0 Å². The van der Waals surface area contributed by atoms with Crippen LogP contribution in [0, 0.1) is 0 Å². The van der Waals surface area contributed by atoms with E-state index in [1.54, 1.807) is 0 Å². The van der Waals surface area contributed by atoms with Gasteiger partial charge in [-0.3, -0.25) is 0 Å². The second kappa shape index (κ2) is 5.85. The van der Waals surface area contributed by atoms with Gasteiger partial charge >= 0.3 is 0 Å². The van der Waals surface area contributed by atoms with Crippen LogP contribution in [0.2, 0.25) is 0 Å². The Morgan fingerprint density at radius 1 is 1.17 bits per heavy atom. The largest absolute Gasteiger partial charge is 0.315 e. The molecular weight excluding hydrogens is 220 g/mol. The van der Waals surface area contributed by atoms with Gasteiger partial charge in [0.15, 0.2) is 0 Å². The minimum Gasteiger partial charge on any atom is -0.315 e. The molecule has 0 bridgehead atoms. The number of aryl methyl sites for hydroxylation is 1. The topological polar surface area (TPSA) is 15.3 Å². The van der Waals surface area contributed by atoms with Crippen molar-refractivity contribution in [2.45, 2.75) is 38.1 Å². The van der Waals surface area contributed by atoms with E-state index < -0.39 is 0 Å². The molecule has 0 aromatic heterocycles. The third-order valence-electron chi connectivity index (χ3n) is 4.36. The van der Waals surface area contributed by atoms with E-state index in [-0.39, 0.29) is 0 Å². The third-order valence-corrected chi connectivity index (χ3v) is 4.36. The molecule has 0 radical (unpaired) electrons. The fourth-order valence-electron chi connectivity index (χ4n) is 2.92. The first-order valence-corrected chi connectivity index (χ1v) is 7.12. The van der Waals surface area contributed by atoms with Crippen LogP contribution in [-0.2, 0) is 12.8 Å². The molecule has 1 saturated heterocycles. The lowest BCUT2D eigenvalue weighted by Gasteiger charge is -2.43. The maximum Gasteiger partial charge on any atom is 0.0368 e. The summed E-state index contributed by atoms with van der Waals surface area (Å²) in [6.07, 6.45) is 4.85. The van der Waals surface area contributed by atoms with Crippen LogP contribution < -0.4 is 5.32 Å². The Morgan fingerprint density at radius 2 is 1.83 bits per heavy atom. The summed E-state index contributed by atoms with van der Waals surface area (Å²) in [5.74, 6) is 0. The average molecular weight is 246 g/mol. The van der Waals surface area contributed by atoms with Crippen LogP contribution in [0.3, 0.4) is 0 Å². The average Bonchev–Trinajstić information content (AvgIpc) is 2.40. The van der Waals surface area contributed by atoms with Crippen molar-refractivity contribution in [2.24, 2.45) is 0 Å². The Balaban J connectivity index is 2.12. The van der Waals surface area contributed by atoms with E-state index in [9.17, 15) is 0 Å². The maximum absolute atomic E-state index is 3.56. The van der Waals surface area contributed by atoms with E-state index in [0.717, 1.165) is 19.4 Å². The molecular formula is C16H26N2. The summed E-state index contributed by atoms with van der Waals surface area (Å²) in [6, 6.07) is 9.15. The third kappa shape index (κ3) is 2.93. The molecule has 100 valence electrons. The molecule has 0 amide bonds. The van der Waals surface area contributed by atoms with Crippen LogP contribution in [-0.4, -0.2) is 37.6 Å². The minimum absolute atomic E-state index is 0.298. The van der Waals surface area contributed by atoms with Crippen LogP contribution in [0.5, 0.6) is 0 Å². The van der Waals surface area contributed by atoms with Crippen molar-refractivity contribution >= 4 is 0 Å². The van der Waals surface area contributed by atoms with Crippen molar-refractivity contribution in [3.63, 3.8) is 0 Å². The van der Waals surface area contributed by atoms with Crippen molar-refractivity contribution in [3.8, 4) is 0 Å². The number of piperidine rings is 1. The molecule has 0 spiro atoms. The zero-order chi connectivity index (χ0) is 13.0. The van der Waals surface area contributed by atoms with Crippen LogP contribution in [0.25, 0.3) is 0 Å². The molecule has 1 aromatic rings. The van der Waals surface area contributed by atoms with Gasteiger partial charge in [0, 0.05) is 12.1 Å². The maximum atomic E-state index is 3.56. The van der Waals surface area contributed by atoms with Crippen molar-refractivity contribution < 1.29 is 0 Å². The summed E-state index contributed by atoms with van der Waals surface area (Å²) < 4.78 is 0. The predicted molar refractivity (Wildman–Crippen MR) is 78.0 cm³/mol. The Morgan fingerprint density at radius 3 is 2.33 bits per heavy atom. The highest BCUT2D eigenvalue weighted by atomic mass is 15.2. The molecule has 1 atom stereocenters. The lowest BCUT2D eigenvalue weighted by atomic mass is 9.83. The van der Waals surface area contributed by atoms with Gasteiger partial charge in [-0.25, -0.2) is 0 Å². The number of rotatable bonds is 4. The fraction of sp³-hybridized carbons (Fsp3) is 0.625. The molecule has 0 saturated carbocycles. The standard InChI is InChI=1S/C16H26N2/c1-4-14-6-8-15(9-7-14)12-16(18(2)3)10-5-11-17-13-16/h6-9,17H,4-5,10-13H2,1-3H3. The first-order chi connectivity index (χ1) is 8.66. The monoisotopic (exact) mass is 246 g/mol. The molecule has 18 heavy (non-hydrogen) atoms. The molecule has 2 heteroatoms. The highest BCUT2D eigenvalue weighted by molar-refractivity contribution is 5.24. The number of nitrogens with zero attached hydrogens (tertiary/aromatic N) is 1. The predicted octanol–water partition coefficient (Wildman–Crippen LogP) is 2.48. The Bertz CT molecular complexity index is 361. The smallest absolute Gasteiger partial charge is 0.0368 e. The summed E-state index contributed by atoms with van der Waals surface area (Å²) in [7, 11) is 4.43. The fourth-order valence-corrected chi connectivity index (χ4v) is 2.92. The first-order valence-electron chi connectivity index (χ1n) is 7.12. The van der Waals surface area contributed by atoms with Gasteiger partial charge in [-0.15, -0.1) is 0 Å². The van der Waals surface area contributed by atoms with Gasteiger partial charge in [0.05, 0.1) is 0 Å². The van der Waals surface area contributed by atoms with Crippen molar-refractivity contribution in [3.05, 3.63) is 35.4 Å². The van der Waals surface area contributed by atoms with Crippen LogP contribution in [0.1, 0.15) is 30.9 Å². The number of nitrogens with one attached hydrogen (secondary N) is 1. The summed E-state index contributed by atoms with van der Waals surface area (Å²) >= 11 is 0. The number of likely N-dealkylation sites (N-methyl/N-ethyl adjacent to an activating group) is 1. The lowest BCUT2D eigenvalue weighted by Crippen LogP contribution is -2.56. The number of benzene rings is 1. The second-order valence-corrected chi connectivity index (χ2v) is 5.75. The van der Waals surface area contributed by atoms with Gasteiger partial charge < -0.3 is 10.2 Å². The zero-order valence-electron chi connectivity index (χ0n) is 12.0. The van der Waals surface area contributed by atoms with Crippen LogP contribution in [0.4, 0.5) is 0 Å². The molecule has 1 unspecified atom stereocenters. The highest BCUT2D eigenvalue weighted by Crippen LogP contribution is 2.26. The summed E-state index contributed by atoms with van der Waals surface area (Å²) in [5.41, 5.74) is 3.19. The molecule has 1 aliphatic heterocycles. The van der Waals surface area contributed by atoms with E-state index in [4.69, 9.17) is 0 Å². The normalized spacial score (nSPS) is 24.4. The van der Waals surface area contributed by atoms with Crippen molar-refractivity contribution in [2.75, 3.05) is 27.2 Å². The van der Waals surface area contributed by atoms with E-state index >= 15 is 0 Å². The lowest BCUT2D eigenvalue weighted by molar-refractivity contribution is 0.114. The summed E-state index contributed by atoms with van der Waals surface area (Å²) in [6.45, 7) is 4.49. The van der Waals surface area contributed by atoms with E-state index in [1.165, 1.54) is 30.5 Å². The number of hydrogen-bond acceptors (Lipinski definition) is 2. The SMILES string of the molecule is CCc1ccc(CC2(N(C)C)CCCNC2)cc1. The van der Waals surface area contributed by atoms with E-state index in [2.05, 4.69) is 55.5 Å². The molecule has 1 aliphatic rings. The van der Waals surface area contributed by atoms with Gasteiger partial charge in [-0.2, -0.15) is 0 Å². The molecule has 2 rings (SSSR count). The highest BCUT2D eigenvalue weighted by Gasteiger charge is 2.34. The summed E-state index contributed by atoms with van der Waals surface area (Å²) in [4.78, 5) is 2.41. The molecule has 1 N–H and O–H groups in total. The molecule has 1 heterocycles.